The highest BCUT2D eigenvalue weighted by Crippen LogP contribution is 1.93. The summed E-state index contributed by atoms with van der Waals surface area (Å²) >= 11 is 0. The SMILES string of the molecule is NCCC(=O)O.NCCCC(N)C(=O)O.N[C@@H](CCC(=O)O)C(=O)O. The Bertz CT molecular complexity index is 405. The Morgan fingerprint density at radius 2 is 1.08 bits per heavy atom. The van der Waals surface area contributed by atoms with Gasteiger partial charge in [-0.3, -0.25) is 19.2 Å². The second-order valence-electron chi connectivity index (χ2n) is 4.69. The van der Waals surface area contributed by atoms with E-state index in [9.17, 15) is 19.2 Å². The normalized spacial score (nSPS) is 11.7. The van der Waals surface area contributed by atoms with E-state index in [-0.39, 0.29) is 25.8 Å². The van der Waals surface area contributed by atoms with Gasteiger partial charge in [0.25, 0.3) is 0 Å². The molecule has 0 aliphatic rings. The van der Waals surface area contributed by atoms with Gasteiger partial charge in [0.2, 0.25) is 0 Å². The van der Waals surface area contributed by atoms with Gasteiger partial charge in [0.05, 0.1) is 6.42 Å². The van der Waals surface area contributed by atoms with Gasteiger partial charge in [0.1, 0.15) is 12.1 Å². The molecule has 0 heterocycles. The molecule has 0 radical (unpaired) electrons. The van der Waals surface area contributed by atoms with E-state index < -0.39 is 36.0 Å². The highest BCUT2D eigenvalue weighted by atomic mass is 16.4. The van der Waals surface area contributed by atoms with Crippen LogP contribution in [0.3, 0.4) is 0 Å². The number of nitrogens with two attached hydrogens (primary N) is 4. The first-order chi connectivity index (χ1) is 11.5. The summed E-state index contributed by atoms with van der Waals surface area (Å²) < 4.78 is 0. The zero-order valence-electron chi connectivity index (χ0n) is 13.8. The summed E-state index contributed by atoms with van der Waals surface area (Å²) in [7, 11) is 0. The van der Waals surface area contributed by atoms with Crippen molar-refractivity contribution < 1.29 is 39.6 Å². The van der Waals surface area contributed by atoms with Crippen molar-refractivity contribution in [1.82, 2.24) is 0 Å². The monoisotopic (exact) mass is 368 g/mol. The summed E-state index contributed by atoms with van der Waals surface area (Å²) in [6.45, 7) is 0.732. The zero-order chi connectivity index (χ0) is 20.4. The largest absolute Gasteiger partial charge is 0.481 e. The van der Waals surface area contributed by atoms with Crippen molar-refractivity contribution in [1.29, 1.82) is 0 Å². The lowest BCUT2D eigenvalue weighted by molar-refractivity contribution is -0.140. The van der Waals surface area contributed by atoms with Crippen molar-refractivity contribution in [2.24, 2.45) is 22.9 Å². The molecule has 12 N–H and O–H groups in total. The van der Waals surface area contributed by atoms with E-state index in [2.05, 4.69) is 0 Å². The fourth-order valence-electron chi connectivity index (χ4n) is 0.987. The van der Waals surface area contributed by atoms with Gasteiger partial charge in [-0.25, -0.2) is 0 Å². The van der Waals surface area contributed by atoms with Gasteiger partial charge in [-0.1, -0.05) is 0 Å². The minimum Gasteiger partial charge on any atom is -0.481 e. The van der Waals surface area contributed by atoms with Crippen LogP contribution in [0.2, 0.25) is 0 Å². The molecule has 0 aliphatic carbocycles. The summed E-state index contributed by atoms with van der Waals surface area (Å²) in [6.07, 6.45) is 0.984. The van der Waals surface area contributed by atoms with Crippen molar-refractivity contribution in [2.75, 3.05) is 13.1 Å². The quantitative estimate of drug-likeness (QED) is 0.205. The molecule has 1 unspecified atom stereocenters. The molecule has 25 heavy (non-hydrogen) atoms. The first kappa shape index (κ1) is 27.6. The molecule has 2 atom stereocenters. The summed E-state index contributed by atoms with van der Waals surface area (Å²) in [5, 5.41) is 32.3. The smallest absolute Gasteiger partial charge is 0.320 e. The Hall–Kier alpha value is -2.28. The summed E-state index contributed by atoms with van der Waals surface area (Å²) in [5.41, 5.74) is 20.1. The summed E-state index contributed by atoms with van der Waals surface area (Å²) in [5.74, 6) is -3.99. The Kier molecular flexibility index (Phi) is 19.9. The Morgan fingerprint density at radius 3 is 1.32 bits per heavy atom. The van der Waals surface area contributed by atoms with Crippen molar-refractivity contribution in [3.8, 4) is 0 Å². The van der Waals surface area contributed by atoms with E-state index in [1.165, 1.54) is 0 Å². The molecule has 0 aromatic carbocycles. The van der Waals surface area contributed by atoms with Crippen molar-refractivity contribution >= 4 is 23.9 Å². The van der Waals surface area contributed by atoms with Gasteiger partial charge in [-0.05, 0) is 25.8 Å². The van der Waals surface area contributed by atoms with Crippen LogP contribution in [0.15, 0.2) is 0 Å². The van der Waals surface area contributed by atoms with Crippen LogP contribution < -0.4 is 22.9 Å². The maximum Gasteiger partial charge on any atom is 0.320 e. The molecule has 0 aliphatic heterocycles. The molecule has 12 heteroatoms. The third kappa shape index (κ3) is 26.9. The topological polar surface area (TPSA) is 253 Å². The molecule has 0 fully saturated rings. The van der Waals surface area contributed by atoms with Crippen LogP contribution >= 0.6 is 0 Å². The van der Waals surface area contributed by atoms with Crippen LogP contribution in [0.1, 0.15) is 32.1 Å². The number of aliphatic carboxylic acids is 4. The fraction of sp³-hybridized carbons (Fsp3) is 0.692. The third-order valence-electron chi connectivity index (χ3n) is 2.38. The van der Waals surface area contributed by atoms with Crippen LogP contribution in [-0.4, -0.2) is 69.5 Å². The van der Waals surface area contributed by atoms with Gasteiger partial charge in [0.15, 0.2) is 0 Å². The predicted molar refractivity (Wildman–Crippen MR) is 87.7 cm³/mol. The molecule has 148 valence electrons. The Morgan fingerprint density at radius 1 is 0.680 bits per heavy atom. The van der Waals surface area contributed by atoms with Gasteiger partial charge in [-0.2, -0.15) is 0 Å². The molecule has 0 saturated carbocycles. The van der Waals surface area contributed by atoms with Crippen molar-refractivity contribution in [3.05, 3.63) is 0 Å². The van der Waals surface area contributed by atoms with Gasteiger partial charge < -0.3 is 43.4 Å². The minimum atomic E-state index is -1.17. The van der Waals surface area contributed by atoms with Crippen molar-refractivity contribution in [3.63, 3.8) is 0 Å². The highest BCUT2D eigenvalue weighted by molar-refractivity contribution is 5.74. The molecule has 0 amide bonds. The average Bonchev–Trinajstić information content (AvgIpc) is 2.50. The van der Waals surface area contributed by atoms with Crippen molar-refractivity contribution in [2.45, 2.75) is 44.2 Å². The number of carboxylic acid groups (broad SMARTS) is 4. The first-order valence-electron chi connectivity index (χ1n) is 7.30. The molecule has 0 bridgehead atoms. The number of rotatable bonds is 10. The molecular formula is C13H28N4O8. The standard InChI is InChI=1S/C5H12N2O2.C5H9NO4.C3H7NO2/c6-3-1-2-4(7)5(8)9;6-3(5(9)10)1-2-4(7)8;4-2-1-3(5)6/h4H,1-3,6-7H2,(H,8,9);3H,1-2,6H2,(H,7,8)(H,9,10);1-2,4H2,(H,5,6)/t;3-;/m.0./s1. The van der Waals surface area contributed by atoms with E-state index >= 15 is 0 Å². The number of carbonyl (C=O) groups is 4. The number of hydrogen-bond donors (Lipinski definition) is 8. The Labute approximate surface area is 144 Å². The van der Waals surface area contributed by atoms with E-state index in [0.717, 1.165) is 0 Å². The van der Waals surface area contributed by atoms with Gasteiger partial charge in [-0.15, -0.1) is 0 Å². The van der Waals surface area contributed by atoms with Crippen LogP contribution in [0.4, 0.5) is 0 Å². The summed E-state index contributed by atoms with van der Waals surface area (Å²) in [4.78, 5) is 39.4. The van der Waals surface area contributed by atoms with E-state index in [0.29, 0.717) is 19.4 Å². The molecule has 0 rings (SSSR count). The van der Waals surface area contributed by atoms with E-state index in [1.807, 2.05) is 0 Å². The average molecular weight is 368 g/mol. The molecule has 0 aromatic rings. The Balaban J connectivity index is -0.000000300. The van der Waals surface area contributed by atoms with Crippen LogP contribution in [-0.2, 0) is 19.2 Å². The van der Waals surface area contributed by atoms with E-state index in [1.54, 1.807) is 0 Å². The highest BCUT2D eigenvalue weighted by Gasteiger charge is 2.12. The van der Waals surface area contributed by atoms with Crippen LogP contribution in [0.25, 0.3) is 0 Å². The lowest BCUT2D eigenvalue weighted by Gasteiger charge is -2.02. The number of carboxylic acids is 4. The maximum atomic E-state index is 10.0. The zero-order valence-corrected chi connectivity index (χ0v) is 13.8. The molecular weight excluding hydrogens is 340 g/mol. The minimum absolute atomic E-state index is 0.0231. The van der Waals surface area contributed by atoms with Gasteiger partial charge >= 0.3 is 23.9 Å². The molecule has 0 saturated heterocycles. The second-order valence-corrected chi connectivity index (χ2v) is 4.69. The van der Waals surface area contributed by atoms with E-state index in [4.69, 9.17) is 43.4 Å². The third-order valence-corrected chi connectivity index (χ3v) is 2.38. The molecule has 0 spiro atoms. The summed E-state index contributed by atoms with van der Waals surface area (Å²) in [6, 6.07) is -1.80. The first-order valence-corrected chi connectivity index (χ1v) is 7.30. The predicted octanol–water partition coefficient (Wildman–Crippen LogP) is -2.18. The lowest BCUT2D eigenvalue weighted by atomic mass is 10.2. The fourth-order valence-corrected chi connectivity index (χ4v) is 0.987. The van der Waals surface area contributed by atoms with Crippen LogP contribution in [0.5, 0.6) is 0 Å². The maximum absolute atomic E-state index is 10.0. The molecule has 12 nitrogen and oxygen atoms in total. The molecule has 0 aromatic heterocycles. The van der Waals surface area contributed by atoms with Gasteiger partial charge in [0, 0.05) is 13.0 Å². The van der Waals surface area contributed by atoms with Crippen LogP contribution in [0, 0.1) is 0 Å². The lowest BCUT2D eigenvalue weighted by Crippen LogP contribution is -2.30. The number of hydrogen-bond acceptors (Lipinski definition) is 8. The second kappa shape index (κ2) is 18.1.